The van der Waals surface area contributed by atoms with E-state index in [1.807, 2.05) is 0 Å². The molecule has 0 spiro atoms. The first-order valence-corrected chi connectivity index (χ1v) is 9.60. The molecule has 8 heteroatoms. The predicted octanol–water partition coefficient (Wildman–Crippen LogP) is 4.63. The van der Waals surface area contributed by atoms with Crippen LogP contribution in [0.3, 0.4) is 0 Å². The summed E-state index contributed by atoms with van der Waals surface area (Å²) in [5.74, 6) is -0.259. The fourth-order valence-electron chi connectivity index (χ4n) is 2.27. The number of hydrogen-bond donors (Lipinski definition) is 2. The van der Waals surface area contributed by atoms with Crippen LogP contribution in [0.1, 0.15) is 10.4 Å². The quantitative estimate of drug-likeness (QED) is 0.625. The average Bonchev–Trinajstić information content (AvgIpc) is 2.64. The van der Waals surface area contributed by atoms with E-state index in [2.05, 4.69) is 4.72 Å². The van der Waals surface area contributed by atoms with Gasteiger partial charge in [-0.2, -0.15) is 0 Å². The molecule has 0 fully saturated rings. The van der Waals surface area contributed by atoms with E-state index in [0.29, 0.717) is 16.5 Å². The summed E-state index contributed by atoms with van der Waals surface area (Å²) in [6.07, 6.45) is 0. The lowest BCUT2D eigenvalue weighted by Crippen LogP contribution is -2.13. The van der Waals surface area contributed by atoms with Crippen LogP contribution in [-0.4, -0.2) is 19.5 Å². The number of para-hydroxylation sites is 1. The summed E-state index contributed by atoms with van der Waals surface area (Å²) in [6, 6.07) is 18.3. The molecule has 3 aromatic rings. The summed E-state index contributed by atoms with van der Waals surface area (Å²) in [5, 5.41) is 9.43. The van der Waals surface area contributed by atoms with E-state index in [4.69, 9.17) is 21.4 Å². The second-order valence-corrected chi connectivity index (χ2v) is 7.58. The van der Waals surface area contributed by atoms with Gasteiger partial charge in [0.05, 0.1) is 15.5 Å². The topological polar surface area (TPSA) is 92.7 Å². The van der Waals surface area contributed by atoms with Gasteiger partial charge in [0.2, 0.25) is 0 Å². The number of carboxylic acid groups (broad SMARTS) is 1. The normalized spacial score (nSPS) is 11.0. The van der Waals surface area contributed by atoms with Gasteiger partial charge in [0.25, 0.3) is 10.0 Å². The van der Waals surface area contributed by atoms with Crippen LogP contribution >= 0.6 is 11.6 Å². The standard InChI is InChI=1S/C19H14ClNO5S/c20-17-6-1-2-7-18(17)26-15-8-10-16(11-9-15)27(24,25)21-14-5-3-4-13(12-14)19(22)23/h1-12,21H,(H,22,23). The lowest BCUT2D eigenvalue weighted by Gasteiger charge is -2.10. The van der Waals surface area contributed by atoms with Gasteiger partial charge < -0.3 is 9.84 Å². The highest BCUT2D eigenvalue weighted by molar-refractivity contribution is 7.92. The van der Waals surface area contributed by atoms with Crippen molar-refractivity contribution >= 4 is 33.3 Å². The van der Waals surface area contributed by atoms with Gasteiger partial charge in [0.1, 0.15) is 11.5 Å². The number of hydrogen-bond acceptors (Lipinski definition) is 4. The zero-order chi connectivity index (χ0) is 19.4. The average molecular weight is 404 g/mol. The molecule has 0 bridgehead atoms. The van der Waals surface area contributed by atoms with Crippen molar-refractivity contribution in [2.45, 2.75) is 4.90 Å². The van der Waals surface area contributed by atoms with E-state index in [9.17, 15) is 13.2 Å². The molecule has 0 heterocycles. The summed E-state index contributed by atoms with van der Waals surface area (Å²) in [4.78, 5) is 11.0. The number of anilines is 1. The van der Waals surface area contributed by atoms with Crippen LogP contribution in [0.15, 0.2) is 77.7 Å². The molecule has 3 aromatic carbocycles. The largest absolute Gasteiger partial charge is 0.478 e. The number of sulfonamides is 1. The second-order valence-electron chi connectivity index (χ2n) is 5.50. The van der Waals surface area contributed by atoms with Crippen LogP contribution in [0.4, 0.5) is 5.69 Å². The molecule has 27 heavy (non-hydrogen) atoms. The molecule has 3 rings (SSSR count). The molecule has 0 aliphatic carbocycles. The number of rotatable bonds is 6. The van der Waals surface area contributed by atoms with Crippen LogP contribution in [0.25, 0.3) is 0 Å². The first kappa shape index (κ1) is 18.8. The van der Waals surface area contributed by atoms with Crippen LogP contribution in [0, 0.1) is 0 Å². The first-order chi connectivity index (χ1) is 12.8. The minimum absolute atomic E-state index is 0.00902. The maximum Gasteiger partial charge on any atom is 0.335 e. The molecule has 6 nitrogen and oxygen atoms in total. The van der Waals surface area contributed by atoms with Crippen molar-refractivity contribution < 1.29 is 23.1 Å². The van der Waals surface area contributed by atoms with Gasteiger partial charge in [-0.05, 0) is 54.6 Å². The zero-order valence-electron chi connectivity index (χ0n) is 13.8. The molecule has 0 aromatic heterocycles. The Kier molecular flexibility index (Phi) is 5.34. The van der Waals surface area contributed by atoms with E-state index in [1.54, 1.807) is 24.3 Å². The SMILES string of the molecule is O=C(O)c1cccc(NS(=O)(=O)c2ccc(Oc3ccccc3Cl)cc2)c1. The Balaban J connectivity index is 1.78. The van der Waals surface area contributed by atoms with E-state index in [1.165, 1.54) is 48.5 Å². The maximum absolute atomic E-state index is 12.5. The van der Waals surface area contributed by atoms with Crippen LogP contribution < -0.4 is 9.46 Å². The Bertz CT molecular complexity index is 1080. The number of ether oxygens (including phenoxy) is 1. The van der Waals surface area contributed by atoms with Gasteiger partial charge >= 0.3 is 5.97 Å². The molecule has 0 amide bonds. The smallest absolute Gasteiger partial charge is 0.335 e. The number of carbonyl (C=O) groups is 1. The monoisotopic (exact) mass is 403 g/mol. The lowest BCUT2D eigenvalue weighted by molar-refractivity contribution is 0.0697. The molecular weight excluding hydrogens is 390 g/mol. The predicted molar refractivity (Wildman–Crippen MR) is 102 cm³/mol. The zero-order valence-corrected chi connectivity index (χ0v) is 15.4. The summed E-state index contributed by atoms with van der Waals surface area (Å²) in [7, 11) is -3.88. The molecule has 0 unspecified atom stereocenters. The minimum Gasteiger partial charge on any atom is -0.478 e. The highest BCUT2D eigenvalue weighted by Crippen LogP contribution is 2.29. The summed E-state index contributed by atoms with van der Waals surface area (Å²) in [6.45, 7) is 0. The van der Waals surface area contributed by atoms with Crippen LogP contribution in [0.5, 0.6) is 11.5 Å². The van der Waals surface area contributed by atoms with Gasteiger partial charge in [-0.15, -0.1) is 0 Å². The minimum atomic E-state index is -3.88. The van der Waals surface area contributed by atoms with Crippen molar-refractivity contribution in [1.82, 2.24) is 0 Å². The van der Waals surface area contributed by atoms with Gasteiger partial charge in [0, 0.05) is 5.69 Å². The molecule has 0 aliphatic rings. The third kappa shape index (κ3) is 4.58. The van der Waals surface area contributed by atoms with Crippen LogP contribution in [-0.2, 0) is 10.0 Å². The number of benzene rings is 3. The van der Waals surface area contributed by atoms with Gasteiger partial charge in [-0.3, -0.25) is 4.72 Å². The van der Waals surface area contributed by atoms with Gasteiger partial charge in [-0.25, -0.2) is 13.2 Å². The molecule has 2 N–H and O–H groups in total. The van der Waals surface area contributed by atoms with E-state index in [-0.39, 0.29) is 16.1 Å². The molecular formula is C19H14ClNO5S. The molecule has 0 atom stereocenters. The lowest BCUT2D eigenvalue weighted by atomic mass is 10.2. The van der Waals surface area contributed by atoms with Gasteiger partial charge in [-0.1, -0.05) is 29.8 Å². The highest BCUT2D eigenvalue weighted by Gasteiger charge is 2.15. The van der Waals surface area contributed by atoms with Crippen molar-refractivity contribution in [3.05, 3.63) is 83.4 Å². The van der Waals surface area contributed by atoms with E-state index >= 15 is 0 Å². The summed E-state index contributed by atoms with van der Waals surface area (Å²) >= 11 is 6.03. The van der Waals surface area contributed by atoms with Gasteiger partial charge in [0.15, 0.2) is 0 Å². The van der Waals surface area contributed by atoms with Crippen molar-refractivity contribution in [1.29, 1.82) is 0 Å². The number of aromatic carboxylic acids is 1. The highest BCUT2D eigenvalue weighted by atomic mass is 35.5. The van der Waals surface area contributed by atoms with Crippen molar-refractivity contribution in [2.24, 2.45) is 0 Å². The molecule has 0 saturated carbocycles. The summed E-state index contributed by atoms with van der Waals surface area (Å²) < 4.78 is 33.0. The molecule has 0 saturated heterocycles. The molecule has 0 aliphatic heterocycles. The van der Waals surface area contributed by atoms with E-state index < -0.39 is 16.0 Å². The fourth-order valence-corrected chi connectivity index (χ4v) is 3.49. The van der Waals surface area contributed by atoms with Crippen molar-refractivity contribution in [3.8, 4) is 11.5 Å². The number of nitrogens with one attached hydrogen (secondary N) is 1. The van der Waals surface area contributed by atoms with Crippen molar-refractivity contribution in [2.75, 3.05) is 4.72 Å². The molecule has 0 radical (unpaired) electrons. The van der Waals surface area contributed by atoms with Crippen molar-refractivity contribution in [3.63, 3.8) is 0 Å². The Morgan fingerprint density at radius 2 is 1.67 bits per heavy atom. The molecule has 138 valence electrons. The Hall–Kier alpha value is -3.03. The Morgan fingerprint density at radius 3 is 2.33 bits per heavy atom. The first-order valence-electron chi connectivity index (χ1n) is 7.74. The summed E-state index contributed by atoms with van der Waals surface area (Å²) in [5.41, 5.74) is 0.144. The third-order valence-corrected chi connectivity index (χ3v) is 5.27. The Morgan fingerprint density at radius 1 is 0.963 bits per heavy atom. The maximum atomic E-state index is 12.5. The van der Waals surface area contributed by atoms with Crippen LogP contribution in [0.2, 0.25) is 5.02 Å². The van der Waals surface area contributed by atoms with E-state index in [0.717, 1.165) is 0 Å². The second kappa shape index (κ2) is 7.69. The number of halogens is 1. The fraction of sp³-hybridized carbons (Fsp3) is 0. The number of carboxylic acids is 1. The third-order valence-electron chi connectivity index (χ3n) is 3.56. The Labute approximate surface area is 161 Å².